The van der Waals surface area contributed by atoms with Gasteiger partial charge in [0.15, 0.2) is 5.96 Å². The third-order valence-corrected chi connectivity index (χ3v) is 2.53. The molecule has 1 fully saturated rings. The summed E-state index contributed by atoms with van der Waals surface area (Å²) in [6.45, 7) is 0.578. The van der Waals surface area contributed by atoms with Crippen molar-refractivity contribution < 1.29 is 9.90 Å². The maximum absolute atomic E-state index is 10.5. The Kier molecular flexibility index (Phi) is 3.29. The van der Waals surface area contributed by atoms with E-state index in [2.05, 4.69) is 0 Å². The molecule has 80 valence electrons. The largest absolute Gasteiger partial charge is 0.481 e. The third-order valence-electron chi connectivity index (χ3n) is 2.53. The fourth-order valence-electron chi connectivity index (χ4n) is 1.81. The Labute approximate surface area is 82.4 Å². The minimum Gasteiger partial charge on any atom is -0.481 e. The quantitative estimate of drug-likeness (QED) is 0.349. The summed E-state index contributed by atoms with van der Waals surface area (Å²) in [4.78, 5) is 12.1. The van der Waals surface area contributed by atoms with Crippen molar-refractivity contribution in [2.45, 2.75) is 25.4 Å². The van der Waals surface area contributed by atoms with E-state index < -0.39 is 5.97 Å². The van der Waals surface area contributed by atoms with Gasteiger partial charge in [0.05, 0.1) is 6.17 Å². The van der Waals surface area contributed by atoms with Gasteiger partial charge in [0, 0.05) is 13.0 Å². The molecule has 6 N–H and O–H groups in total. The van der Waals surface area contributed by atoms with Crippen LogP contribution in [-0.4, -0.2) is 34.6 Å². The van der Waals surface area contributed by atoms with Crippen molar-refractivity contribution in [1.29, 1.82) is 5.41 Å². The Balaban J connectivity index is 2.46. The molecule has 0 aliphatic carbocycles. The fraction of sp³-hybridized carbons (Fsp3) is 0.750. The van der Waals surface area contributed by atoms with Crippen LogP contribution in [0.5, 0.6) is 0 Å². The molecule has 0 spiro atoms. The van der Waals surface area contributed by atoms with Gasteiger partial charge in [0.2, 0.25) is 0 Å². The number of guanidine groups is 1. The van der Waals surface area contributed by atoms with Crippen LogP contribution >= 0.6 is 0 Å². The summed E-state index contributed by atoms with van der Waals surface area (Å²) in [5, 5.41) is 15.8. The number of hydrogen-bond donors (Lipinski definition) is 4. The Hall–Kier alpha value is -1.30. The molecule has 0 radical (unpaired) electrons. The van der Waals surface area contributed by atoms with Crippen LogP contribution in [0.1, 0.15) is 19.3 Å². The lowest BCUT2D eigenvalue weighted by molar-refractivity contribution is -0.138. The van der Waals surface area contributed by atoms with Gasteiger partial charge in [0.25, 0.3) is 0 Å². The van der Waals surface area contributed by atoms with Crippen LogP contribution in [0.25, 0.3) is 0 Å². The zero-order valence-electron chi connectivity index (χ0n) is 7.94. The first-order valence-corrected chi connectivity index (χ1v) is 4.58. The van der Waals surface area contributed by atoms with Gasteiger partial charge >= 0.3 is 5.97 Å². The molecule has 2 atom stereocenters. The summed E-state index contributed by atoms with van der Waals surface area (Å²) in [6.07, 6.45) is 1.16. The summed E-state index contributed by atoms with van der Waals surface area (Å²) in [5.41, 5.74) is 11.1. The van der Waals surface area contributed by atoms with E-state index in [9.17, 15) is 4.79 Å². The van der Waals surface area contributed by atoms with Crippen LogP contribution in [0.2, 0.25) is 0 Å². The molecule has 6 nitrogen and oxygen atoms in total. The molecule has 14 heavy (non-hydrogen) atoms. The van der Waals surface area contributed by atoms with Crippen LogP contribution in [0, 0.1) is 11.3 Å². The minimum atomic E-state index is -0.793. The summed E-state index contributed by atoms with van der Waals surface area (Å²) in [6, 6.07) is 0. The van der Waals surface area contributed by atoms with E-state index in [0.717, 1.165) is 6.42 Å². The highest BCUT2D eigenvalue weighted by Gasteiger charge is 2.27. The molecule has 0 aromatic carbocycles. The zero-order chi connectivity index (χ0) is 10.7. The van der Waals surface area contributed by atoms with Gasteiger partial charge in [-0.1, -0.05) is 0 Å². The molecule has 0 saturated carbocycles. The number of nitrogens with two attached hydrogens (primary N) is 2. The molecule has 1 rings (SSSR count). The van der Waals surface area contributed by atoms with Crippen molar-refractivity contribution in [3.63, 3.8) is 0 Å². The van der Waals surface area contributed by atoms with Crippen molar-refractivity contribution in [3.8, 4) is 0 Å². The van der Waals surface area contributed by atoms with E-state index in [0.29, 0.717) is 13.0 Å². The Morgan fingerprint density at radius 1 is 1.64 bits per heavy atom. The zero-order valence-corrected chi connectivity index (χ0v) is 7.94. The van der Waals surface area contributed by atoms with Crippen LogP contribution in [0.3, 0.4) is 0 Å². The Bertz CT molecular complexity index is 243. The Morgan fingerprint density at radius 3 is 2.71 bits per heavy atom. The maximum atomic E-state index is 10.5. The number of hydrogen-bond acceptors (Lipinski definition) is 3. The number of nitrogens with one attached hydrogen (secondary N) is 1. The molecule has 2 unspecified atom stereocenters. The number of nitrogens with zero attached hydrogens (tertiary/aromatic N) is 1. The highest BCUT2D eigenvalue weighted by atomic mass is 16.4. The number of carbonyl (C=O) groups is 1. The van der Waals surface area contributed by atoms with Crippen molar-refractivity contribution >= 4 is 11.9 Å². The highest BCUT2D eigenvalue weighted by Crippen LogP contribution is 2.22. The summed E-state index contributed by atoms with van der Waals surface area (Å²) >= 11 is 0. The average molecular weight is 200 g/mol. The number of likely N-dealkylation sites (tertiary alicyclic amines) is 1. The lowest BCUT2D eigenvalue weighted by Crippen LogP contribution is -2.53. The Morgan fingerprint density at radius 2 is 2.29 bits per heavy atom. The molecular weight excluding hydrogens is 184 g/mol. The van der Waals surface area contributed by atoms with E-state index in [1.807, 2.05) is 0 Å². The molecule has 0 bridgehead atoms. The predicted molar refractivity (Wildman–Crippen MR) is 51.6 cm³/mol. The summed E-state index contributed by atoms with van der Waals surface area (Å²) in [7, 11) is 0. The van der Waals surface area contributed by atoms with Crippen molar-refractivity contribution in [2.24, 2.45) is 17.4 Å². The normalized spacial score (nSPS) is 27.4. The number of rotatable bonds is 2. The minimum absolute atomic E-state index is 0.0359. The summed E-state index contributed by atoms with van der Waals surface area (Å²) < 4.78 is 0. The molecule has 6 heteroatoms. The topological polar surface area (TPSA) is 116 Å². The number of aliphatic carboxylic acids is 1. The van der Waals surface area contributed by atoms with Crippen LogP contribution in [0.4, 0.5) is 0 Å². The van der Waals surface area contributed by atoms with Gasteiger partial charge < -0.3 is 21.5 Å². The molecule has 1 saturated heterocycles. The van der Waals surface area contributed by atoms with E-state index in [1.165, 1.54) is 0 Å². The van der Waals surface area contributed by atoms with Crippen molar-refractivity contribution in [1.82, 2.24) is 4.90 Å². The molecule has 0 amide bonds. The van der Waals surface area contributed by atoms with E-state index >= 15 is 0 Å². The van der Waals surface area contributed by atoms with Crippen LogP contribution in [-0.2, 0) is 4.79 Å². The molecule has 0 aromatic heterocycles. The van der Waals surface area contributed by atoms with Gasteiger partial charge in [-0.25, -0.2) is 0 Å². The lowest BCUT2D eigenvalue weighted by atomic mass is 9.92. The first-order valence-electron chi connectivity index (χ1n) is 4.58. The third kappa shape index (κ3) is 2.59. The standard InChI is InChI=1S/C8H16N4O2/c9-6-3-5(4-7(13)14)1-2-12(6)8(10)11/h5-6H,1-4,9H2,(H3,10,11)(H,13,14). The van der Waals surface area contributed by atoms with Crippen molar-refractivity contribution in [3.05, 3.63) is 0 Å². The number of carboxylic acid groups (broad SMARTS) is 1. The van der Waals surface area contributed by atoms with Gasteiger partial charge in [-0.15, -0.1) is 0 Å². The van der Waals surface area contributed by atoms with Gasteiger partial charge in [-0.05, 0) is 18.8 Å². The first-order chi connectivity index (χ1) is 6.50. The second-order valence-electron chi connectivity index (χ2n) is 3.63. The second-order valence-corrected chi connectivity index (χ2v) is 3.63. The van der Waals surface area contributed by atoms with E-state index in [-0.39, 0.29) is 24.5 Å². The fourth-order valence-corrected chi connectivity index (χ4v) is 1.81. The molecule has 1 aliphatic rings. The maximum Gasteiger partial charge on any atom is 0.303 e. The van der Waals surface area contributed by atoms with Gasteiger partial charge in [-0.2, -0.15) is 0 Å². The smallest absolute Gasteiger partial charge is 0.303 e. The summed E-state index contributed by atoms with van der Waals surface area (Å²) in [5.74, 6) is -0.720. The number of carboxylic acids is 1. The monoisotopic (exact) mass is 200 g/mol. The number of piperidine rings is 1. The van der Waals surface area contributed by atoms with Gasteiger partial charge in [-0.3, -0.25) is 10.2 Å². The molecule has 1 aliphatic heterocycles. The molecular formula is C8H16N4O2. The van der Waals surface area contributed by atoms with Crippen molar-refractivity contribution in [2.75, 3.05) is 6.54 Å². The molecule has 1 heterocycles. The van der Waals surface area contributed by atoms with E-state index in [4.69, 9.17) is 22.0 Å². The van der Waals surface area contributed by atoms with E-state index in [1.54, 1.807) is 4.90 Å². The average Bonchev–Trinajstić information content (AvgIpc) is 2.01. The molecule has 0 aromatic rings. The lowest BCUT2D eigenvalue weighted by Gasteiger charge is -2.37. The SMILES string of the molecule is N=C(N)N1CCC(CC(=O)O)CC1N. The highest BCUT2D eigenvalue weighted by molar-refractivity contribution is 5.75. The van der Waals surface area contributed by atoms with Crippen LogP contribution in [0.15, 0.2) is 0 Å². The predicted octanol–water partition coefficient (Wildman–Crippen LogP) is -0.649. The first kappa shape index (κ1) is 10.8. The van der Waals surface area contributed by atoms with Gasteiger partial charge in [0.1, 0.15) is 0 Å². The second kappa shape index (κ2) is 4.28. The van der Waals surface area contributed by atoms with Crippen LogP contribution < -0.4 is 11.5 Å².